The van der Waals surface area contributed by atoms with Crippen LogP contribution in [0, 0.1) is 59.2 Å². The minimum Gasteiger partial charge on any atom is -0.0628 e. The fourth-order valence-electron chi connectivity index (χ4n) is 8.35. The van der Waals surface area contributed by atoms with Gasteiger partial charge in [-0.15, -0.1) is 0 Å². The molecular weight excluding hydrogens is 649 g/mol. The third-order valence-electron chi connectivity index (χ3n) is 12.6. The molecule has 0 amide bonds. The Labute approximate surface area is 339 Å². The first-order valence-electron chi connectivity index (χ1n) is 23.6. The topological polar surface area (TPSA) is 0 Å². The van der Waals surface area contributed by atoms with E-state index < -0.39 is 0 Å². The molecule has 0 aromatic heterocycles. The highest BCUT2D eigenvalue weighted by molar-refractivity contribution is 5.44. The van der Waals surface area contributed by atoms with Crippen LogP contribution in [-0.4, -0.2) is 0 Å². The molecule has 0 aliphatic carbocycles. The molecule has 0 aliphatic rings. The Hall–Kier alpha value is -2.00. The van der Waals surface area contributed by atoms with Crippen molar-refractivity contribution in [1.29, 1.82) is 0 Å². The molecule has 0 spiro atoms. The van der Waals surface area contributed by atoms with Crippen LogP contribution in [0.5, 0.6) is 0 Å². The van der Waals surface area contributed by atoms with E-state index in [0.717, 1.165) is 58.5 Å². The molecule has 0 saturated heterocycles. The third kappa shape index (κ3) is 25.2. The Balaban J connectivity index is 1.57. The monoisotopic (exact) mass is 739 g/mol. The Bertz CT molecular complexity index is 1120. The van der Waals surface area contributed by atoms with Gasteiger partial charge in [0.1, 0.15) is 0 Å². The quantitative estimate of drug-likeness (QED) is 0.0700. The lowest BCUT2D eigenvalue weighted by Gasteiger charge is -2.16. The van der Waals surface area contributed by atoms with Crippen molar-refractivity contribution in [3.05, 3.63) is 70.8 Å². The van der Waals surface area contributed by atoms with Crippen LogP contribution in [0.15, 0.2) is 48.5 Å². The van der Waals surface area contributed by atoms with Gasteiger partial charge in [-0.25, -0.2) is 0 Å². The highest BCUT2D eigenvalue weighted by Crippen LogP contribution is 2.25. The van der Waals surface area contributed by atoms with E-state index in [2.05, 4.69) is 130 Å². The van der Waals surface area contributed by atoms with Gasteiger partial charge in [-0.05, 0) is 108 Å². The molecule has 0 saturated carbocycles. The van der Waals surface area contributed by atoms with Crippen molar-refractivity contribution in [1.82, 2.24) is 0 Å². The Morgan fingerprint density at radius 3 is 0.759 bits per heavy atom. The van der Waals surface area contributed by atoms with Gasteiger partial charge < -0.3 is 0 Å². The van der Waals surface area contributed by atoms with Crippen LogP contribution in [0.25, 0.3) is 0 Å². The van der Waals surface area contributed by atoms with E-state index in [1.54, 1.807) is 0 Å². The van der Waals surface area contributed by atoms with Crippen molar-refractivity contribution < 1.29 is 0 Å². The highest BCUT2D eigenvalue weighted by atomic mass is 14.2. The fraction of sp³-hybridized carbons (Fsp3) is 0.741. The molecule has 0 heterocycles. The van der Waals surface area contributed by atoms with Crippen molar-refractivity contribution in [2.24, 2.45) is 47.3 Å². The molecule has 2 rings (SSSR count). The van der Waals surface area contributed by atoms with E-state index in [1.165, 1.54) is 152 Å². The number of aryl methyl sites for hydroxylation is 2. The van der Waals surface area contributed by atoms with Gasteiger partial charge >= 0.3 is 0 Å². The van der Waals surface area contributed by atoms with Gasteiger partial charge in [-0.1, -0.05) is 221 Å². The molecule has 0 heteroatoms. The molecule has 2 aromatic rings. The Morgan fingerprint density at radius 1 is 0.296 bits per heavy atom. The standard InChI is InChI=1S/C54H90/c1-43(2)17-11-19-45(5)21-13-23-47(7)25-15-27-49(9)29-31-51-33-37-53(38-34-51)41-42-54-39-35-52(36-40-54)32-30-50(10)28-16-26-48(8)24-14-22-46(6)20-12-18-44(3)4/h33-40,43-50H,11-32H2,1-10H3. The zero-order chi connectivity index (χ0) is 39.6. The van der Waals surface area contributed by atoms with E-state index in [9.17, 15) is 0 Å². The summed E-state index contributed by atoms with van der Waals surface area (Å²) in [4.78, 5) is 0. The lowest BCUT2D eigenvalue weighted by molar-refractivity contribution is 0.374. The second-order valence-electron chi connectivity index (χ2n) is 19.7. The molecule has 54 heavy (non-hydrogen) atoms. The van der Waals surface area contributed by atoms with Crippen LogP contribution in [0.2, 0.25) is 0 Å². The molecule has 0 fully saturated rings. The van der Waals surface area contributed by atoms with Crippen LogP contribution in [0.1, 0.15) is 220 Å². The van der Waals surface area contributed by atoms with Gasteiger partial charge in [0.05, 0.1) is 0 Å². The first-order chi connectivity index (χ1) is 25.9. The molecule has 6 unspecified atom stereocenters. The summed E-state index contributed by atoms with van der Waals surface area (Å²) < 4.78 is 0. The van der Waals surface area contributed by atoms with Gasteiger partial charge in [0.25, 0.3) is 0 Å². The molecule has 0 nitrogen and oxygen atoms in total. The molecular formula is C54H90. The average Bonchev–Trinajstić information content (AvgIpc) is 3.13. The average molecular weight is 739 g/mol. The number of benzene rings is 2. The van der Waals surface area contributed by atoms with Crippen LogP contribution < -0.4 is 0 Å². The Morgan fingerprint density at radius 2 is 0.519 bits per heavy atom. The van der Waals surface area contributed by atoms with Gasteiger partial charge in [0.2, 0.25) is 0 Å². The van der Waals surface area contributed by atoms with Crippen molar-refractivity contribution in [2.45, 2.75) is 210 Å². The van der Waals surface area contributed by atoms with E-state index in [1.807, 2.05) is 0 Å². The molecule has 0 aliphatic heterocycles. The van der Waals surface area contributed by atoms with Gasteiger partial charge in [0, 0.05) is 11.1 Å². The second kappa shape index (κ2) is 29.3. The normalized spacial score (nSPS) is 15.1. The van der Waals surface area contributed by atoms with Crippen LogP contribution in [-0.2, 0) is 12.8 Å². The first-order valence-corrected chi connectivity index (χ1v) is 23.6. The summed E-state index contributed by atoms with van der Waals surface area (Å²) in [7, 11) is 0. The predicted octanol–water partition coefficient (Wildman–Crippen LogP) is 17.1. The van der Waals surface area contributed by atoms with Crippen molar-refractivity contribution in [3.63, 3.8) is 0 Å². The zero-order valence-electron chi connectivity index (χ0n) is 37.8. The lowest BCUT2D eigenvalue weighted by atomic mass is 9.90. The third-order valence-corrected chi connectivity index (χ3v) is 12.6. The molecule has 6 atom stereocenters. The summed E-state index contributed by atoms with van der Waals surface area (Å²) in [5, 5.41) is 0. The number of hydrogen-bond acceptors (Lipinski definition) is 0. The molecule has 306 valence electrons. The maximum Gasteiger partial charge on any atom is 0.0249 e. The molecule has 0 radical (unpaired) electrons. The smallest absolute Gasteiger partial charge is 0.0249 e. The summed E-state index contributed by atoms with van der Waals surface area (Å²) in [6.45, 7) is 24.2. The van der Waals surface area contributed by atoms with Crippen LogP contribution in [0.4, 0.5) is 0 Å². The fourth-order valence-corrected chi connectivity index (χ4v) is 8.35. The minimum atomic E-state index is 0.801. The molecule has 2 aromatic carbocycles. The van der Waals surface area contributed by atoms with Crippen LogP contribution >= 0.6 is 0 Å². The maximum atomic E-state index is 3.41. The SMILES string of the molecule is CC(C)CCCC(C)CCCC(C)CCCC(C)CCc1ccc(C#Cc2ccc(CCC(C)CCCC(C)CCCC(C)CCCC(C)C)cc2)cc1. The minimum absolute atomic E-state index is 0.801. The summed E-state index contributed by atoms with van der Waals surface area (Å²) in [5.41, 5.74) is 5.13. The van der Waals surface area contributed by atoms with E-state index >= 15 is 0 Å². The summed E-state index contributed by atoms with van der Waals surface area (Å²) >= 11 is 0. The van der Waals surface area contributed by atoms with E-state index in [4.69, 9.17) is 0 Å². The summed E-state index contributed by atoms with van der Waals surface area (Å²) in [5.74, 6) is 13.7. The predicted molar refractivity (Wildman–Crippen MR) is 243 cm³/mol. The van der Waals surface area contributed by atoms with Gasteiger partial charge in [-0.2, -0.15) is 0 Å². The number of rotatable bonds is 30. The maximum absolute atomic E-state index is 3.41. The summed E-state index contributed by atoms with van der Waals surface area (Å²) in [6, 6.07) is 18.0. The van der Waals surface area contributed by atoms with Crippen molar-refractivity contribution >= 4 is 0 Å². The van der Waals surface area contributed by atoms with E-state index in [0.29, 0.717) is 0 Å². The van der Waals surface area contributed by atoms with E-state index in [-0.39, 0.29) is 0 Å². The van der Waals surface area contributed by atoms with Gasteiger partial charge in [0.15, 0.2) is 0 Å². The van der Waals surface area contributed by atoms with Crippen molar-refractivity contribution in [2.75, 3.05) is 0 Å². The lowest BCUT2D eigenvalue weighted by Crippen LogP contribution is -2.02. The zero-order valence-corrected chi connectivity index (χ0v) is 37.8. The highest BCUT2D eigenvalue weighted by Gasteiger charge is 2.10. The summed E-state index contributed by atoms with van der Waals surface area (Å²) in [6.07, 6.45) is 30.2. The largest absolute Gasteiger partial charge is 0.0628 e. The first kappa shape index (κ1) is 48.1. The van der Waals surface area contributed by atoms with Crippen molar-refractivity contribution in [3.8, 4) is 11.8 Å². The second-order valence-corrected chi connectivity index (χ2v) is 19.7. The molecule has 0 N–H and O–H groups in total. The van der Waals surface area contributed by atoms with Crippen LogP contribution in [0.3, 0.4) is 0 Å². The Kier molecular flexibility index (Phi) is 26.1. The van der Waals surface area contributed by atoms with Gasteiger partial charge in [-0.3, -0.25) is 0 Å². The number of hydrogen-bond donors (Lipinski definition) is 0. The molecule has 0 bridgehead atoms.